The zero-order valence-electron chi connectivity index (χ0n) is 14.9. The largest absolute Gasteiger partial charge is 0.496 e. The number of carbonyl (C=O) groups excluding carboxylic acids is 2. The number of fused-ring (bicyclic) bond motifs is 1. The Bertz CT molecular complexity index is 1000. The third kappa shape index (κ3) is 3.93. The molecule has 0 spiro atoms. The van der Waals surface area contributed by atoms with E-state index in [1.807, 2.05) is 0 Å². The number of methoxy groups -OCH3 is 1. The van der Waals surface area contributed by atoms with Gasteiger partial charge in [-0.3, -0.25) is 9.59 Å². The predicted octanol–water partition coefficient (Wildman–Crippen LogP) is 1.80. The van der Waals surface area contributed by atoms with Gasteiger partial charge in [0.1, 0.15) is 12.2 Å². The maximum Gasteiger partial charge on any atom is 0.243 e. The molecule has 0 saturated carbocycles. The van der Waals surface area contributed by atoms with Gasteiger partial charge in [0.25, 0.3) is 0 Å². The number of anilines is 2. The number of hydrogen-bond acceptors (Lipinski definition) is 5. The van der Waals surface area contributed by atoms with Crippen molar-refractivity contribution in [1.82, 2.24) is 4.31 Å². The molecule has 2 N–H and O–H groups in total. The van der Waals surface area contributed by atoms with Gasteiger partial charge in [0.15, 0.2) is 0 Å². The summed E-state index contributed by atoms with van der Waals surface area (Å²) in [6.45, 7) is 0.118. The summed E-state index contributed by atoms with van der Waals surface area (Å²) in [6.07, 6.45) is -0.315. The van der Waals surface area contributed by atoms with Gasteiger partial charge in [-0.15, -0.1) is 0 Å². The number of para-hydroxylation sites is 1. The number of benzene rings is 2. The molecule has 1 aliphatic rings. The highest BCUT2D eigenvalue weighted by atomic mass is 32.2. The highest BCUT2D eigenvalue weighted by Crippen LogP contribution is 2.30. The molecule has 2 aromatic carbocycles. The van der Waals surface area contributed by atoms with E-state index in [1.165, 1.54) is 36.7 Å². The number of nitrogens with one attached hydrogen (secondary N) is 2. The lowest BCUT2D eigenvalue weighted by molar-refractivity contribution is -0.123. The van der Waals surface area contributed by atoms with Crippen LogP contribution in [0, 0.1) is 0 Å². The Morgan fingerprint density at radius 2 is 1.70 bits per heavy atom. The standard InChI is InChI=1S/C18H19N3O5S/c1-21(11-12-5-3-4-6-16(12)26-2)27(24,25)13-7-8-14-15(9-13)20-18(23)10-17(22)19-14/h3-9H,10-11H2,1-2H3,(H,19,22)(H,20,23). The van der Waals surface area contributed by atoms with Crippen molar-refractivity contribution >= 4 is 33.2 Å². The minimum Gasteiger partial charge on any atom is -0.496 e. The molecule has 0 fully saturated rings. The summed E-state index contributed by atoms with van der Waals surface area (Å²) in [5, 5.41) is 5.12. The summed E-state index contributed by atoms with van der Waals surface area (Å²) in [5.41, 5.74) is 1.33. The monoisotopic (exact) mass is 389 g/mol. The summed E-state index contributed by atoms with van der Waals surface area (Å²) in [4.78, 5) is 23.3. The van der Waals surface area contributed by atoms with E-state index in [2.05, 4.69) is 10.6 Å². The van der Waals surface area contributed by atoms with Crippen LogP contribution in [-0.2, 0) is 26.2 Å². The van der Waals surface area contributed by atoms with Crippen molar-refractivity contribution in [2.24, 2.45) is 0 Å². The SMILES string of the molecule is COc1ccccc1CN(C)S(=O)(=O)c1ccc2c(c1)NC(=O)CC(=O)N2. The zero-order valence-corrected chi connectivity index (χ0v) is 15.7. The minimum absolute atomic E-state index is 0.00935. The number of nitrogens with zero attached hydrogens (tertiary/aromatic N) is 1. The fraction of sp³-hybridized carbons (Fsp3) is 0.222. The van der Waals surface area contributed by atoms with Gasteiger partial charge in [-0.05, 0) is 24.3 Å². The van der Waals surface area contributed by atoms with Gasteiger partial charge in [-0.1, -0.05) is 18.2 Å². The fourth-order valence-corrected chi connectivity index (χ4v) is 3.94. The molecule has 1 aliphatic heterocycles. The van der Waals surface area contributed by atoms with E-state index < -0.39 is 21.8 Å². The Morgan fingerprint density at radius 3 is 2.41 bits per heavy atom. The number of amides is 2. The molecule has 0 aliphatic carbocycles. The number of hydrogen-bond donors (Lipinski definition) is 2. The van der Waals surface area contributed by atoms with Crippen molar-refractivity contribution in [1.29, 1.82) is 0 Å². The molecule has 0 aromatic heterocycles. The van der Waals surface area contributed by atoms with Crippen LogP contribution in [-0.4, -0.2) is 38.7 Å². The van der Waals surface area contributed by atoms with Gasteiger partial charge >= 0.3 is 0 Å². The van der Waals surface area contributed by atoms with Crippen LogP contribution < -0.4 is 15.4 Å². The van der Waals surface area contributed by atoms with Gasteiger partial charge < -0.3 is 15.4 Å². The van der Waals surface area contributed by atoms with Crippen LogP contribution in [0.3, 0.4) is 0 Å². The van der Waals surface area contributed by atoms with Crippen molar-refractivity contribution < 1.29 is 22.7 Å². The topological polar surface area (TPSA) is 105 Å². The van der Waals surface area contributed by atoms with Crippen LogP contribution in [0.15, 0.2) is 47.4 Å². The summed E-state index contributed by atoms with van der Waals surface area (Å²) in [6, 6.07) is 11.4. The van der Waals surface area contributed by atoms with E-state index in [0.717, 1.165) is 5.56 Å². The van der Waals surface area contributed by atoms with Crippen molar-refractivity contribution in [3.63, 3.8) is 0 Å². The molecule has 1 heterocycles. The van der Waals surface area contributed by atoms with Gasteiger partial charge in [0, 0.05) is 19.2 Å². The number of carbonyl (C=O) groups is 2. The molecular weight excluding hydrogens is 370 g/mol. The normalized spacial score (nSPS) is 14.2. The van der Waals surface area contributed by atoms with E-state index in [0.29, 0.717) is 11.4 Å². The third-order valence-electron chi connectivity index (χ3n) is 4.15. The van der Waals surface area contributed by atoms with Crippen molar-refractivity contribution in [2.45, 2.75) is 17.9 Å². The zero-order chi connectivity index (χ0) is 19.6. The lowest BCUT2D eigenvalue weighted by Crippen LogP contribution is -2.26. The Kier molecular flexibility index (Phi) is 5.15. The maximum absolute atomic E-state index is 12.9. The second-order valence-corrected chi connectivity index (χ2v) is 8.10. The lowest BCUT2D eigenvalue weighted by Gasteiger charge is -2.19. The Morgan fingerprint density at radius 1 is 1.04 bits per heavy atom. The molecule has 0 unspecified atom stereocenters. The fourth-order valence-electron chi connectivity index (χ4n) is 2.77. The molecule has 0 atom stereocenters. The molecule has 0 radical (unpaired) electrons. The molecule has 2 aromatic rings. The average molecular weight is 389 g/mol. The first kappa shape index (κ1) is 18.9. The molecule has 0 bridgehead atoms. The first-order valence-corrected chi connectivity index (χ1v) is 9.57. The van der Waals surface area contributed by atoms with E-state index in [1.54, 1.807) is 24.3 Å². The van der Waals surface area contributed by atoms with Crippen LogP contribution >= 0.6 is 0 Å². The van der Waals surface area contributed by atoms with Crippen LogP contribution in [0.25, 0.3) is 0 Å². The van der Waals surface area contributed by atoms with Crippen LogP contribution in [0.5, 0.6) is 5.75 Å². The van der Waals surface area contributed by atoms with Gasteiger partial charge in [-0.2, -0.15) is 4.31 Å². The van der Waals surface area contributed by atoms with Gasteiger partial charge in [-0.25, -0.2) is 8.42 Å². The highest BCUT2D eigenvalue weighted by Gasteiger charge is 2.25. The van der Waals surface area contributed by atoms with E-state index in [9.17, 15) is 18.0 Å². The van der Waals surface area contributed by atoms with Crippen molar-refractivity contribution in [2.75, 3.05) is 24.8 Å². The first-order chi connectivity index (χ1) is 12.8. The molecule has 3 rings (SSSR count). The Balaban J connectivity index is 1.90. The lowest BCUT2D eigenvalue weighted by atomic mass is 10.2. The van der Waals surface area contributed by atoms with Gasteiger partial charge in [0.2, 0.25) is 21.8 Å². The summed E-state index contributed by atoms with van der Waals surface area (Å²) in [5.74, 6) is -0.352. The van der Waals surface area contributed by atoms with Crippen LogP contribution in [0.4, 0.5) is 11.4 Å². The number of rotatable bonds is 5. The highest BCUT2D eigenvalue weighted by molar-refractivity contribution is 7.89. The van der Waals surface area contributed by atoms with E-state index in [-0.39, 0.29) is 23.5 Å². The second-order valence-electron chi connectivity index (χ2n) is 6.05. The molecule has 142 valence electrons. The second kappa shape index (κ2) is 7.37. The molecule has 0 saturated heterocycles. The number of ether oxygens (including phenoxy) is 1. The van der Waals surface area contributed by atoms with Gasteiger partial charge in [0.05, 0.1) is 23.4 Å². The quantitative estimate of drug-likeness (QED) is 0.759. The molecular formula is C18H19N3O5S. The smallest absolute Gasteiger partial charge is 0.243 e. The molecule has 9 heteroatoms. The molecule has 27 heavy (non-hydrogen) atoms. The van der Waals surface area contributed by atoms with Crippen LogP contribution in [0.1, 0.15) is 12.0 Å². The Hall–Kier alpha value is -2.91. The Labute approximate surface area is 157 Å². The van der Waals surface area contributed by atoms with E-state index in [4.69, 9.17) is 4.74 Å². The summed E-state index contributed by atoms with van der Waals surface area (Å²) in [7, 11) is -0.834. The summed E-state index contributed by atoms with van der Waals surface area (Å²) >= 11 is 0. The maximum atomic E-state index is 12.9. The third-order valence-corrected chi connectivity index (χ3v) is 5.95. The van der Waals surface area contributed by atoms with Crippen molar-refractivity contribution in [3.8, 4) is 5.75 Å². The average Bonchev–Trinajstić information content (AvgIpc) is 2.77. The predicted molar refractivity (Wildman–Crippen MR) is 100.0 cm³/mol. The van der Waals surface area contributed by atoms with E-state index >= 15 is 0 Å². The summed E-state index contributed by atoms with van der Waals surface area (Å²) < 4.78 is 32.3. The van der Waals surface area contributed by atoms with Crippen LogP contribution in [0.2, 0.25) is 0 Å². The first-order valence-electron chi connectivity index (χ1n) is 8.13. The molecule has 8 nitrogen and oxygen atoms in total. The molecule has 2 amide bonds. The van der Waals surface area contributed by atoms with Crippen molar-refractivity contribution in [3.05, 3.63) is 48.0 Å². The number of sulfonamides is 1. The minimum atomic E-state index is -3.82.